The molecular weight excluding hydrogens is 496 g/mol. The van der Waals surface area contributed by atoms with Crippen molar-refractivity contribution in [1.29, 1.82) is 0 Å². The van der Waals surface area contributed by atoms with Crippen molar-refractivity contribution in [2.75, 3.05) is 13.7 Å². The van der Waals surface area contributed by atoms with Crippen LogP contribution in [0.25, 0.3) is 5.57 Å². The zero-order valence-corrected chi connectivity index (χ0v) is 20.5. The average Bonchev–Trinajstić information content (AvgIpc) is 3.26. The summed E-state index contributed by atoms with van der Waals surface area (Å²) in [5, 5.41) is 25.2. The molecule has 0 aliphatic carbocycles. The van der Waals surface area contributed by atoms with Crippen LogP contribution < -0.4 is 0 Å². The van der Waals surface area contributed by atoms with Gasteiger partial charge < -0.3 is 14.3 Å². The second kappa shape index (κ2) is 11.3. The summed E-state index contributed by atoms with van der Waals surface area (Å²) in [5.74, 6) is -5.26. The summed E-state index contributed by atoms with van der Waals surface area (Å²) >= 11 is 0. The number of oxime groups is 1. The molecule has 1 N–H and O–H groups in total. The predicted molar refractivity (Wildman–Crippen MR) is 134 cm³/mol. The van der Waals surface area contributed by atoms with Crippen LogP contribution in [0, 0.1) is 10.1 Å². The van der Waals surface area contributed by atoms with E-state index >= 15 is 0 Å². The van der Waals surface area contributed by atoms with Crippen LogP contribution in [0.3, 0.4) is 0 Å². The number of hydrogen-bond acceptors (Lipinski definition) is 10. The number of hydrogen-bond donors (Lipinski definition) is 1. The summed E-state index contributed by atoms with van der Waals surface area (Å²) in [7, 11) is 1.22. The first kappa shape index (κ1) is 26.6. The van der Waals surface area contributed by atoms with Gasteiger partial charge in [-0.3, -0.25) is 14.9 Å². The zero-order valence-electron chi connectivity index (χ0n) is 20.5. The Morgan fingerprint density at radius 1 is 1.05 bits per heavy atom. The summed E-state index contributed by atoms with van der Waals surface area (Å²) < 4.78 is 17.1. The standard InChI is InChI=1S/C27H24N2O9/c1-3-35-25(30)24-23(20-10-6-4-7-11-20)26(38-33,21-12-8-5-9-13-21)36-27(24,34-2)37-28-18-19-14-16-22(17-15-19)29(31)32/h4-18,33H,3H2,1-2H3/b28-18-/t26-,27-/m1/s1. The van der Waals surface area contributed by atoms with Gasteiger partial charge in [0.1, 0.15) is 0 Å². The Balaban J connectivity index is 1.88. The quantitative estimate of drug-likeness (QED) is 0.101. The lowest BCUT2D eigenvalue weighted by Crippen LogP contribution is -2.43. The largest absolute Gasteiger partial charge is 0.462 e. The fourth-order valence-corrected chi connectivity index (χ4v) is 4.04. The van der Waals surface area contributed by atoms with Crippen molar-refractivity contribution < 1.29 is 38.9 Å². The van der Waals surface area contributed by atoms with E-state index < -0.39 is 22.7 Å². The van der Waals surface area contributed by atoms with Gasteiger partial charge in [0.2, 0.25) is 0 Å². The zero-order chi connectivity index (χ0) is 27.2. The molecule has 196 valence electrons. The van der Waals surface area contributed by atoms with Crippen molar-refractivity contribution >= 4 is 23.4 Å². The molecule has 0 unspecified atom stereocenters. The van der Waals surface area contributed by atoms with Gasteiger partial charge in [-0.15, -0.1) is 0 Å². The van der Waals surface area contributed by atoms with Crippen molar-refractivity contribution in [3.8, 4) is 0 Å². The van der Waals surface area contributed by atoms with E-state index in [1.54, 1.807) is 67.6 Å². The van der Waals surface area contributed by atoms with E-state index in [4.69, 9.17) is 23.9 Å². The Hall–Kier alpha value is -4.42. The number of esters is 1. The van der Waals surface area contributed by atoms with Gasteiger partial charge in [-0.05, 0) is 30.2 Å². The van der Waals surface area contributed by atoms with Crippen LogP contribution >= 0.6 is 0 Å². The number of ether oxygens (including phenoxy) is 3. The van der Waals surface area contributed by atoms with Gasteiger partial charge in [-0.1, -0.05) is 65.8 Å². The van der Waals surface area contributed by atoms with Gasteiger partial charge in [-0.2, -0.15) is 4.89 Å². The molecule has 11 heteroatoms. The average molecular weight is 520 g/mol. The van der Waals surface area contributed by atoms with Crippen molar-refractivity contribution in [2.45, 2.75) is 18.7 Å². The number of nitro groups is 1. The highest BCUT2D eigenvalue weighted by molar-refractivity contribution is 6.02. The van der Waals surface area contributed by atoms with Gasteiger partial charge in [0.15, 0.2) is 5.57 Å². The molecule has 3 aromatic rings. The minimum atomic E-state index is -2.33. The first-order valence-electron chi connectivity index (χ1n) is 11.5. The number of non-ortho nitro benzene ring substituents is 1. The molecule has 0 saturated carbocycles. The molecule has 0 saturated heterocycles. The summed E-state index contributed by atoms with van der Waals surface area (Å²) in [6, 6.07) is 22.6. The third kappa shape index (κ3) is 4.91. The van der Waals surface area contributed by atoms with E-state index in [0.29, 0.717) is 16.7 Å². The monoisotopic (exact) mass is 520 g/mol. The highest BCUT2D eigenvalue weighted by Gasteiger charge is 2.64. The third-order valence-corrected chi connectivity index (χ3v) is 5.74. The number of benzene rings is 3. The molecule has 4 rings (SSSR count). The lowest BCUT2D eigenvalue weighted by molar-refractivity contribution is -0.461. The second-order valence-corrected chi connectivity index (χ2v) is 7.95. The summed E-state index contributed by atoms with van der Waals surface area (Å²) in [5.41, 5.74) is 0.977. The van der Waals surface area contributed by atoms with E-state index in [1.807, 2.05) is 0 Å². The molecular formula is C27H24N2O9. The van der Waals surface area contributed by atoms with Gasteiger partial charge in [-0.25, -0.2) is 10.1 Å². The summed E-state index contributed by atoms with van der Waals surface area (Å²) in [6.07, 6.45) is 1.25. The first-order chi connectivity index (χ1) is 18.4. The van der Waals surface area contributed by atoms with Gasteiger partial charge in [0.25, 0.3) is 11.5 Å². The van der Waals surface area contributed by atoms with Crippen LogP contribution in [0.5, 0.6) is 0 Å². The van der Waals surface area contributed by atoms with Crippen LogP contribution in [0.1, 0.15) is 23.6 Å². The molecule has 3 aromatic carbocycles. The second-order valence-electron chi connectivity index (χ2n) is 7.95. The van der Waals surface area contributed by atoms with Crippen molar-refractivity contribution in [3.63, 3.8) is 0 Å². The fourth-order valence-electron chi connectivity index (χ4n) is 4.04. The minimum Gasteiger partial charge on any atom is -0.462 e. The lowest BCUT2D eigenvalue weighted by Gasteiger charge is -2.32. The van der Waals surface area contributed by atoms with Crippen LogP contribution in [0.2, 0.25) is 0 Å². The van der Waals surface area contributed by atoms with Crippen LogP contribution in [-0.2, 0) is 34.5 Å². The Kier molecular flexibility index (Phi) is 7.93. The summed E-state index contributed by atoms with van der Waals surface area (Å²) in [4.78, 5) is 34.5. The molecule has 0 spiro atoms. The fraction of sp³-hybridized carbons (Fsp3) is 0.185. The van der Waals surface area contributed by atoms with Crippen molar-refractivity contribution in [2.24, 2.45) is 5.16 Å². The Morgan fingerprint density at radius 3 is 2.24 bits per heavy atom. The van der Waals surface area contributed by atoms with Crippen LogP contribution in [0.15, 0.2) is 95.7 Å². The molecule has 1 aliphatic rings. The number of rotatable bonds is 10. The molecule has 11 nitrogen and oxygen atoms in total. The number of carbonyl (C=O) groups excluding carboxylic acids is 1. The highest BCUT2D eigenvalue weighted by Crippen LogP contribution is 2.54. The normalized spacial score (nSPS) is 21.0. The molecule has 38 heavy (non-hydrogen) atoms. The first-order valence-corrected chi connectivity index (χ1v) is 11.5. The molecule has 2 atom stereocenters. The van der Waals surface area contributed by atoms with E-state index in [1.165, 1.54) is 37.6 Å². The van der Waals surface area contributed by atoms with E-state index in [2.05, 4.69) is 5.16 Å². The SMILES string of the molecule is CCOC(=O)C1=C(c2ccccc2)[C@](OO)(c2ccccc2)O[C@@]1(OC)O/N=C\c1ccc([N+](=O)[O-])cc1. The molecule has 1 heterocycles. The number of nitrogens with zero attached hydrogens (tertiary/aromatic N) is 2. The Morgan fingerprint density at radius 2 is 1.68 bits per heavy atom. The van der Waals surface area contributed by atoms with Gasteiger partial charge in [0.05, 0.1) is 17.7 Å². The summed E-state index contributed by atoms with van der Waals surface area (Å²) in [6.45, 7) is 1.65. The number of methoxy groups -OCH3 is 1. The smallest absolute Gasteiger partial charge is 0.389 e. The molecule has 0 radical (unpaired) electrons. The Bertz CT molecular complexity index is 1340. The Labute approximate surface area is 217 Å². The van der Waals surface area contributed by atoms with Crippen molar-refractivity contribution in [1.82, 2.24) is 0 Å². The maximum absolute atomic E-state index is 13.4. The lowest BCUT2D eigenvalue weighted by atomic mass is 9.89. The van der Waals surface area contributed by atoms with E-state index in [9.17, 15) is 20.2 Å². The molecule has 1 aliphatic heterocycles. The minimum absolute atomic E-state index is 0.0224. The van der Waals surface area contributed by atoms with Crippen molar-refractivity contribution in [3.05, 3.63) is 117 Å². The van der Waals surface area contributed by atoms with E-state index in [0.717, 1.165) is 0 Å². The molecule has 0 amide bonds. The number of nitro benzene ring substituents is 1. The maximum atomic E-state index is 13.4. The predicted octanol–water partition coefficient (Wildman–Crippen LogP) is 4.64. The topological polar surface area (TPSA) is 139 Å². The van der Waals surface area contributed by atoms with Crippen LogP contribution in [0.4, 0.5) is 5.69 Å². The van der Waals surface area contributed by atoms with Gasteiger partial charge in [0, 0.05) is 30.4 Å². The third-order valence-electron chi connectivity index (χ3n) is 5.74. The molecule has 0 bridgehead atoms. The van der Waals surface area contributed by atoms with Gasteiger partial charge >= 0.3 is 11.9 Å². The van der Waals surface area contributed by atoms with E-state index in [-0.39, 0.29) is 23.4 Å². The molecule has 0 aromatic heterocycles. The molecule has 0 fully saturated rings. The number of carbonyl (C=O) groups is 1. The maximum Gasteiger partial charge on any atom is 0.389 e. The van der Waals surface area contributed by atoms with Crippen LogP contribution in [-0.4, -0.2) is 42.1 Å². The highest BCUT2D eigenvalue weighted by atomic mass is 17.2.